The summed E-state index contributed by atoms with van der Waals surface area (Å²) in [6, 6.07) is 13.2. The van der Waals surface area contributed by atoms with Gasteiger partial charge in [0.2, 0.25) is 10.0 Å². The van der Waals surface area contributed by atoms with Crippen LogP contribution in [0, 0.1) is 0 Å². The van der Waals surface area contributed by atoms with Gasteiger partial charge in [-0.3, -0.25) is 13.9 Å². The molecule has 0 aliphatic carbocycles. The molecule has 2 amide bonds. The highest BCUT2D eigenvalue weighted by Crippen LogP contribution is 2.22. The number of nitrogens with one attached hydrogen (secondary N) is 2. The van der Waals surface area contributed by atoms with Crippen LogP contribution in [-0.2, 0) is 19.6 Å². The standard InChI is InChI=1S/C24H31N3O6S/c1-4-22(33-18-13-11-17(12-14-18)27(2)34(3,30)31)24(29)26-21-10-6-5-9-20(21)23(28)25-16-19-8-7-15-32-19/h5-6,9-14,19,22H,4,7-8,15-16H2,1-3H3,(H,25,28)(H,26,29)/t19-,22+/m0/s1. The number of rotatable bonds is 10. The normalized spacial score (nSPS) is 16.5. The molecule has 0 saturated carbocycles. The first-order chi connectivity index (χ1) is 16.2. The number of hydrogen-bond acceptors (Lipinski definition) is 6. The molecule has 0 unspecified atom stereocenters. The molecular formula is C24H31N3O6S. The molecule has 0 bridgehead atoms. The van der Waals surface area contributed by atoms with Gasteiger partial charge in [-0.1, -0.05) is 19.1 Å². The van der Waals surface area contributed by atoms with Crippen LogP contribution < -0.4 is 19.7 Å². The Morgan fingerprint density at radius 3 is 2.50 bits per heavy atom. The van der Waals surface area contributed by atoms with Gasteiger partial charge in [-0.2, -0.15) is 0 Å². The fourth-order valence-corrected chi connectivity index (χ4v) is 4.03. The van der Waals surface area contributed by atoms with Crippen LogP contribution in [0.25, 0.3) is 0 Å². The van der Waals surface area contributed by atoms with E-state index in [0.29, 0.717) is 42.3 Å². The Kier molecular flexibility index (Phi) is 8.51. The molecule has 34 heavy (non-hydrogen) atoms. The minimum absolute atomic E-state index is 0.0205. The number of sulfonamides is 1. The number of ether oxygens (including phenoxy) is 2. The summed E-state index contributed by atoms with van der Waals surface area (Å²) in [5, 5.41) is 5.67. The van der Waals surface area contributed by atoms with E-state index in [9.17, 15) is 18.0 Å². The molecule has 9 nitrogen and oxygen atoms in total. The van der Waals surface area contributed by atoms with E-state index in [1.165, 1.54) is 7.05 Å². The minimum Gasteiger partial charge on any atom is -0.481 e. The van der Waals surface area contributed by atoms with Crippen molar-refractivity contribution in [1.29, 1.82) is 0 Å². The van der Waals surface area contributed by atoms with Gasteiger partial charge < -0.3 is 20.1 Å². The molecule has 184 valence electrons. The van der Waals surface area contributed by atoms with Crippen LogP contribution >= 0.6 is 0 Å². The van der Waals surface area contributed by atoms with Crippen LogP contribution in [-0.4, -0.2) is 58.9 Å². The highest BCUT2D eigenvalue weighted by Gasteiger charge is 2.22. The Labute approximate surface area is 200 Å². The fourth-order valence-electron chi connectivity index (χ4n) is 3.52. The van der Waals surface area contributed by atoms with Crippen molar-refractivity contribution in [3.63, 3.8) is 0 Å². The van der Waals surface area contributed by atoms with Crippen LogP contribution in [0.1, 0.15) is 36.5 Å². The van der Waals surface area contributed by atoms with Crippen molar-refractivity contribution in [2.24, 2.45) is 0 Å². The van der Waals surface area contributed by atoms with Gasteiger partial charge >= 0.3 is 0 Å². The Morgan fingerprint density at radius 1 is 1.18 bits per heavy atom. The van der Waals surface area contributed by atoms with Gasteiger partial charge in [-0.15, -0.1) is 0 Å². The second-order valence-electron chi connectivity index (χ2n) is 8.12. The largest absolute Gasteiger partial charge is 0.481 e. The van der Waals surface area contributed by atoms with Gasteiger partial charge in [0.25, 0.3) is 11.8 Å². The molecule has 2 N–H and O–H groups in total. The zero-order valence-electron chi connectivity index (χ0n) is 19.6. The van der Waals surface area contributed by atoms with Crippen LogP contribution in [0.5, 0.6) is 5.75 Å². The quantitative estimate of drug-likeness (QED) is 0.531. The van der Waals surface area contributed by atoms with Crippen LogP contribution in [0.15, 0.2) is 48.5 Å². The summed E-state index contributed by atoms with van der Waals surface area (Å²) in [6.45, 7) is 2.95. The summed E-state index contributed by atoms with van der Waals surface area (Å²) in [5.41, 5.74) is 1.23. The summed E-state index contributed by atoms with van der Waals surface area (Å²) >= 11 is 0. The first kappa shape index (κ1) is 25.5. The van der Waals surface area contributed by atoms with Crippen molar-refractivity contribution in [3.8, 4) is 5.75 Å². The molecule has 2 aromatic rings. The third kappa shape index (κ3) is 6.71. The van der Waals surface area contributed by atoms with Crippen molar-refractivity contribution in [1.82, 2.24) is 5.32 Å². The van der Waals surface area contributed by atoms with Crippen molar-refractivity contribution in [2.75, 3.05) is 36.1 Å². The van der Waals surface area contributed by atoms with Gasteiger partial charge in [-0.05, 0) is 55.7 Å². The predicted molar refractivity (Wildman–Crippen MR) is 131 cm³/mol. The lowest BCUT2D eigenvalue weighted by atomic mass is 10.1. The van der Waals surface area contributed by atoms with E-state index in [4.69, 9.17) is 9.47 Å². The van der Waals surface area contributed by atoms with Crippen LogP contribution in [0.4, 0.5) is 11.4 Å². The summed E-state index contributed by atoms with van der Waals surface area (Å²) in [5.74, 6) is -0.250. The molecule has 0 radical (unpaired) electrons. The molecule has 1 saturated heterocycles. The summed E-state index contributed by atoms with van der Waals surface area (Å²) in [4.78, 5) is 25.6. The lowest BCUT2D eigenvalue weighted by molar-refractivity contribution is -0.122. The molecule has 0 spiro atoms. The number of hydrogen-bond donors (Lipinski definition) is 2. The zero-order valence-corrected chi connectivity index (χ0v) is 20.4. The molecule has 2 atom stereocenters. The maximum atomic E-state index is 12.9. The van der Waals surface area contributed by atoms with Crippen LogP contribution in [0.3, 0.4) is 0 Å². The van der Waals surface area contributed by atoms with Crippen molar-refractivity contribution < 1.29 is 27.5 Å². The maximum Gasteiger partial charge on any atom is 0.265 e. The predicted octanol–water partition coefficient (Wildman–Crippen LogP) is 2.79. The molecule has 1 fully saturated rings. The third-order valence-corrected chi connectivity index (χ3v) is 6.79. The molecule has 3 rings (SSSR count). The number of nitrogens with zero attached hydrogens (tertiary/aromatic N) is 1. The Morgan fingerprint density at radius 2 is 1.88 bits per heavy atom. The molecule has 1 heterocycles. The second-order valence-corrected chi connectivity index (χ2v) is 10.1. The summed E-state index contributed by atoms with van der Waals surface area (Å²) in [6.07, 6.45) is 2.64. The van der Waals surface area contributed by atoms with Crippen molar-refractivity contribution in [2.45, 2.75) is 38.4 Å². The summed E-state index contributed by atoms with van der Waals surface area (Å²) < 4.78 is 35.9. The molecule has 10 heteroatoms. The SMILES string of the molecule is CC[C@@H](Oc1ccc(N(C)S(C)(=O)=O)cc1)C(=O)Nc1ccccc1C(=O)NC[C@@H]1CCCO1. The van der Waals surface area contributed by atoms with Gasteiger partial charge in [0.1, 0.15) is 5.75 Å². The number of benzene rings is 2. The van der Waals surface area contributed by atoms with Gasteiger partial charge in [0.05, 0.1) is 29.3 Å². The second kappa shape index (κ2) is 11.3. The Hall–Kier alpha value is -3.11. The average molecular weight is 490 g/mol. The summed E-state index contributed by atoms with van der Waals surface area (Å²) in [7, 11) is -1.92. The van der Waals surface area contributed by atoms with Crippen LogP contribution in [0.2, 0.25) is 0 Å². The van der Waals surface area contributed by atoms with E-state index in [1.807, 2.05) is 6.92 Å². The first-order valence-corrected chi connectivity index (χ1v) is 13.0. The first-order valence-electron chi connectivity index (χ1n) is 11.2. The lowest BCUT2D eigenvalue weighted by Gasteiger charge is -2.20. The van der Waals surface area contributed by atoms with Crippen molar-refractivity contribution in [3.05, 3.63) is 54.1 Å². The lowest BCUT2D eigenvalue weighted by Crippen LogP contribution is -2.35. The number of anilines is 2. The van der Waals surface area contributed by atoms with E-state index in [0.717, 1.165) is 23.4 Å². The van der Waals surface area contributed by atoms with E-state index >= 15 is 0 Å². The smallest absolute Gasteiger partial charge is 0.265 e. The zero-order chi connectivity index (χ0) is 24.7. The van der Waals surface area contributed by atoms with Gasteiger partial charge in [0.15, 0.2) is 6.10 Å². The van der Waals surface area contributed by atoms with E-state index in [2.05, 4.69) is 10.6 Å². The highest BCUT2D eigenvalue weighted by atomic mass is 32.2. The molecular weight excluding hydrogens is 458 g/mol. The third-order valence-electron chi connectivity index (χ3n) is 5.58. The number of amides is 2. The number of carbonyl (C=O) groups is 2. The average Bonchev–Trinajstić information content (AvgIpc) is 3.34. The fraction of sp³-hybridized carbons (Fsp3) is 0.417. The number of para-hydroxylation sites is 1. The van der Waals surface area contributed by atoms with E-state index in [-0.39, 0.29) is 17.9 Å². The molecule has 1 aliphatic heterocycles. The molecule has 2 aromatic carbocycles. The monoisotopic (exact) mass is 489 g/mol. The van der Waals surface area contributed by atoms with Gasteiger partial charge in [0, 0.05) is 20.2 Å². The highest BCUT2D eigenvalue weighted by molar-refractivity contribution is 7.92. The maximum absolute atomic E-state index is 12.9. The topological polar surface area (TPSA) is 114 Å². The number of carbonyl (C=O) groups excluding carboxylic acids is 2. The minimum atomic E-state index is -3.38. The Balaban J connectivity index is 1.64. The van der Waals surface area contributed by atoms with E-state index in [1.54, 1.807) is 48.5 Å². The molecule has 0 aromatic heterocycles. The van der Waals surface area contributed by atoms with Gasteiger partial charge in [-0.25, -0.2) is 8.42 Å². The molecule has 1 aliphatic rings. The Bertz CT molecular complexity index is 1100. The van der Waals surface area contributed by atoms with E-state index < -0.39 is 16.1 Å². The van der Waals surface area contributed by atoms with Crippen molar-refractivity contribution >= 4 is 33.2 Å².